The third-order valence-electron chi connectivity index (χ3n) is 5.79. The molecule has 1 aromatic heterocycles. The van der Waals surface area contributed by atoms with E-state index in [0.29, 0.717) is 28.8 Å². The smallest absolute Gasteiger partial charge is 0.142 e. The van der Waals surface area contributed by atoms with Gasteiger partial charge in [0.15, 0.2) is 0 Å². The quantitative estimate of drug-likeness (QED) is 0.570. The topological polar surface area (TPSA) is 71.9 Å². The summed E-state index contributed by atoms with van der Waals surface area (Å²) in [7, 11) is 0. The largest absolute Gasteiger partial charge is 0.487 e. The number of halogens is 1. The lowest BCUT2D eigenvalue weighted by atomic mass is 9.84. The third-order valence-corrected chi connectivity index (χ3v) is 6.10. The number of benzene rings is 2. The van der Waals surface area contributed by atoms with E-state index < -0.39 is 0 Å². The third kappa shape index (κ3) is 3.74. The summed E-state index contributed by atoms with van der Waals surface area (Å²) < 4.78 is 5.99. The van der Waals surface area contributed by atoms with Gasteiger partial charge in [0, 0.05) is 11.3 Å². The van der Waals surface area contributed by atoms with E-state index in [1.807, 2.05) is 24.3 Å². The molecule has 4 rings (SSSR count). The number of aryl methyl sites for hydroxylation is 3. The van der Waals surface area contributed by atoms with Crippen LogP contribution in [-0.2, 0) is 19.4 Å². The van der Waals surface area contributed by atoms with Crippen molar-refractivity contribution in [2.45, 2.75) is 46.1 Å². The fourth-order valence-corrected chi connectivity index (χ4v) is 4.40. The molecule has 152 valence electrons. The predicted molar refractivity (Wildman–Crippen MR) is 121 cm³/mol. The van der Waals surface area contributed by atoms with Crippen LogP contribution in [-0.4, -0.2) is 4.98 Å². The first kappa shape index (κ1) is 20.3. The molecule has 0 aliphatic heterocycles. The van der Waals surface area contributed by atoms with Crippen LogP contribution in [0.15, 0.2) is 36.4 Å². The highest BCUT2D eigenvalue weighted by molar-refractivity contribution is 6.32. The minimum absolute atomic E-state index is 0.321. The van der Waals surface area contributed by atoms with E-state index >= 15 is 0 Å². The van der Waals surface area contributed by atoms with Gasteiger partial charge in [0.1, 0.15) is 29.8 Å². The second-order valence-electron chi connectivity index (χ2n) is 7.80. The number of nitriles is 1. The minimum Gasteiger partial charge on any atom is -0.487 e. The molecule has 2 N–H and O–H groups in total. The predicted octanol–water partition coefficient (Wildman–Crippen LogP) is 5.93. The Labute approximate surface area is 182 Å². The number of hydrogen-bond donors (Lipinski definition) is 1. The zero-order valence-corrected chi connectivity index (χ0v) is 18.0. The molecule has 0 spiro atoms. The van der Waals surface area contributed by atoms with Gasteiger partial charge >= 0.3 is 0 Å². The van der Waals surface area contributed by atoms with Gasteiger partial charge in [-0.25, -0.2) is 4.98 Å². The molecule has 1 heterocycles. The van der Waals surface area contributed by atoms with Crippen LogP contribution in [0.5, 0.6) is 5.75 Å². The number of pyridine rings is 1. The molecule has 1 aliphatic carbocycles. The number of aromatic nitrogens is 1. The van der Waals surface area contributed by atoms with Crippen molar-refractivity contribution in [3.05, 3.63) is 74.9 Å². The first-order valence-electron chi connectivity index (χ1n) is 10.2. The molecule has 0 amide bonds. The first-order chi connectivity index (χ1) is 14.5. The summed E-state index contributed by atoms with van der Waals surface area (Å²) >= 11 is 6.24. The van der Waals surface area contributed by atoms with Crippen LogP contribution in [0.3, 0.4) is 0 Å². The van der Waals surface area contributed by atoms with Gasteiger partial charge in [-0.1, -0.05) is 29.8 Å². The molecular formula is C25H24ClN3O. The minimum atomic E-state index is 0.321. The molecule has 30 heavy (non-hydrogen) atoms. The summed E-state index contributed by atoms with van der Waals surface area (Å²) in [6.07, 6.45) is 4.04. The molecule has 5 heteroatoms. The highest BCUT2D eigenvalue weighted by atomic mass is 35.5. The Bertz CT molecular complexity index is 1160. The molecule has 0 saturated heterocycles. The molecular weight excluding hydrogens is 394 g/mol. The Morgan fingerprint density at radius 2 is 1.90 bits per heavy atom. The maximum Gasteiger partial charge on any atom is 0.142 e. The standard InChI is InChI=1S/C25H24ClN3O/c1-15-11-16(2)19(12-17(15)14-30-23-10-6-4-8-21(23)26)24-18-7-3-5-9-22(18)29-25(28)20(24)13-27/h4,6,8,10-12H,3,5,7,9,14H2,1-2H3,(H2,28,29). The number of nitrogens with two attached hydrogens (primary N) is 1. The van der Waals surface area contributed by atoms with E-state index in [2.05, 4.69) is 37.0 Å². The van der Waals surface area contributed by atoms with Gasteiger partial charge in [-0.2, -0.15) is 5.26 Å². The lowest BCUT2D eigenvalue weighted by Gasteiger charge is -2.23. The average Bonchev–Trinajstić information content (AvgIpc) is 2.73. The zero-order chi connectivity index (χ0) is 21.3. The molecule has 3 aromatic rings. The molecule has 4 nitrogen and oxygen atoms in total. The summed E-state index contributed by atoms with van der Waals surface area (Å²) in [4.78, 5) is 4.54. The number of fused-ring (bicyclic) bond motifs is 1. The first-order valence-corrected chi connectivity index (χ1v) is 10.6. The van der Waals surface area contributed by atoms with Crippen molar-refractivity contribution in [2.24, 2.45) is 0 Å². The molecule has 0 unspecified atom stereocenters. The van der Waals surface area contributed by atoms with Gasteiger partial charge in [-0.15, -0.1) is 0 Å². The number of nitrogen functional groups attached to an aromatic ring is 1. The molecule has 0 bridgehead atoms. The van der Waals surface area contributed by atoms with Gasteiger partial charge in [0.25, 0.3) is 0 Å². The Hall–Kier alpha value is -3.03. The zero-order valence-electron chi connectivity index (χ0n) is 17.3. The van der Waals surface area contributed by atoms with Crippen molar-refractivity contribution in [3.63, 3.8) is 0 Å². The Kier molecular flexibility index (Phi) is 5.65. The Balaban J connectivity index is 1.81. The van der Waals surface area contributed by atoms with E-state index in [9.17, 15) is 5.26 Å². The van der Waals surface area contributed by atoms with E-state index in [1.54, 1.807) is 0 Å². The van der Waals surface area contributed by atoms with Gasteiger partial charge in [0.05, 0.1) is 5.02 Å². The maximum atomic E-state index is 9.85. The Morgan fingerprint density at radius 3 is 2.67 bits per heavy atom. The summed E-state index contributed by atoms with van der Waals surface area (Å²) in [5.74, 6) is 0.978. The van der Waals surface area contributed by atoms with Crippen LogP contribution < -0.4 is 10.5 Å². The van der Waals surface area contributed by atoms with Crippen LogP contribution in [0, 0.1) is 25.2 Å². The number of hydrogen-bond acceptors (Lipinski definition) is 4. The number of nitrogens with zero attached hydrogens (tertiary/aromatic N) is 2. The van der Waals surface area contributed by atoms with E-state index in [-0.39, 0.29) is 0 Å². The highest BCUT2D eigenvalue weighted by Crippen LogP contribution is 2.38. The highest BCUT2D eigenvalue weighted by Gasteiger charge is 2.23. The van der Waals surface area contributed by atoms with Gasteiger partial charge < -0.3 is 10.5 Å². The number of rotatable bonds is 4. The van der Waals surface area contributed by atoms with Crippen molar-refractivity contribution in [1.29, 1.82) is 5.26 Å². The second-order valence-corrected chi connectivity index (χ2v) is 8.21. The average molecular weight is 418 g/mol. The normalized spacial score (nSPS) is 12.9. The van der Waals surface area contributed by atoms with Gasteiger partial charge in [-0.3, -0.25) is 0 Å². The molecule has 0 atom stereocenters. The lowest BCUT2D eigenvalue weighted by molar-refractivity contribution is 0.305. The number of para-hydroxylation sites is 1. The van der Waals surface area contributed by atoms with Crippen molar-refractivity contribution in [3.8, 4) is 22.9 Å². The van der Waals surface area contributed by atoms with Crippen LogP contribution >= 0.6 is 11.6 Å². The van der Waals surface area contributed by atoms with Crippen LogP contribution in [0.25, 0.3) is 11.1 Å². The number of ether oxygens (including phenoxy) is 1. The fourth-order valence-electron chi connectivity index (χ4n) is 4.21. The summed E-state index contributed by atoms with van der Waals surface area (Å²) in [6, 6.07) is 14.0. The van der Waals surface area contributed by atoms with Gasteiger partial charge in [0.2, 0.25) is 0 Å². The monoisotopic (exact) mass is 417 g/mol. The second kappa shape index (κ2) is 8.38. The summed E-state index contributed by atoms with van der Waals surface area (Å²) in [6.45, 7) is 4.55. The summed E-state index contributed by atoms with van der Waals surface area (Å²) in [5, 5.41) is 10.4. The van der Waals surface area contributed by atoms with Crippen LogP contribution in [0.1, 0.15) is 46.4 Å². The van der Waals surface area contributed by atoms with Crippen LogP contribution in [0.2, 0.25) is 5.02 Å². The van der Waals surface area contributed by atoms with Gasteiger partial charge in [-0.05, 0) is 85.5 Å². The lowest BCUT2D eigenvalue weighted by Crippen LogP contribution is -2.12. The van der Waals surface area contributed by atoms with E-state index in [0.717, 1.165) is 64.8 Å². The molecule has 1 aliphatic rings. The molecule has 0 radical (unpaired) electrons. The van der Waals surface area contributed by atoms with E-state index in [1.165, 1.54) is 0 Å². The molecule has 0 fully saturated rings. The Morgan fingerprint density at radius 1 is 1.13 bits per heavy atom. The maximum absolute atomic E-state index is 9.85. The fraction of sp³-hybridized carbons (Fsp3) is 0.280. The molecule has 2 aromatic carbocycles. The van der Waals surface area contributed by atoms with Crippen molar-refractivity contribution < 1.29 is 4.74 Å². The van der Waals surface area contributed by atoms with Crippen LogP contribution in [0.4, 0.5) is 5.82 Å². The SMILES string of the molecule is Cc1cc(C)c(-c2c(C#N)c(N)nc3c2CCCC3)cc1COc1ccccc1Cl. The summed E-state index contributed by atoms with van der Waals surface area (Å²) in [5.41, 5.74) is 14.1. The van der Waals surface area contributed by atoms with Crippen molar-refractivity contribution >= 4 is 17.4 Å². The van der Waals surface area contributed by atoms with Crippen molar-refractivity contribution in [1.82, 2.24) is 4.98 Å². The van der Waals surface area contributed by atoms with E-state index in [4.69, 9.17) is 22.1 Å². The molecule has 0 saturated carbocycles. The number of anilines is 1. The van der Waals surface area contributed by atoms with Crippen molar-refractivity contribution in [2.75, 3.05) is 5.73 Å².